The van der Waals surface area contributed by atoms with Crippen molar-refractivity contribution < 1.29 is 14.3 Å². The van der Waals surface area contributed by atoms with E-state index in [1.54, 1.807) is 32.4 Å². The van der Waals surface area contributed by atoms with Crippen molar-refractivity contribution in [3.8, 4) is 11.5 Å². The normalized spacial score (nSPS) is 12.2. The average molecular weight is 607 g/mol. The third kappa shape index (κ3) is 6.21. The van der Waals surface area contributed by atoms with Crippen LogP contribution in [0.3, 0.4) is 0 Å². The molecule has 4 aromatic carbocycles. The number of carbonyl (C=O) groups excluding carboxylic acids is 1. The minimum atomic E-state index is -2.87. The number of benzene rings is 4. The molecule has 0 unspecified atom stereocenters. The zero-order valence-corrected chi connectivity index (χ0v) is 25.2. The molecule has 0 radical (unpaired) electrons. The topological polar surface area (TPSA) is 47.6 Å². The molecule has 0 atom stereocenters. The van der Waals surface area contributed by atoms with E-state index in [0.29, 0.717) is 23.6 Å². The summed E-state index contributed by atoms with van der Waals surface area (Å²) in [5.74, 6) is 1.06. The molecule has 0 aromatic heterocycles. The molecule has 6 heteroatoms. The predicted molar refractivity (Wildman–Crippen MR) is 169 cm³/mol. The van der Waals surface area contributed by atoms with Crippen molar-refractivity contribution in [3.05, 3.63) is 115 Å². The Labute approximate surface area is 240 Å². The van der Waals surface area contributed by atoms with Gasteiger partial charge in [-0.25, -0.2) is 0 Å². The van der Waals surface area contributed by atoms with Gasteiger partial charge in [-0.05, 0) is 0 Å². The molecule has 1 amide bonds. The number of halogens is 1. The predicted octanol–water partition coefficient (Wildman–Crippen LogP) is 6.83. The van der Waals surface area contributed by atoms with Crippen LogP contribution < -0.4 is 30.7 Å². The summed E-state index contributed by atoms with van der Waals surface area (Å²) >= 11 is 4.52. The van der Waals surface area contributed by atoms with Crippen LogP contribution in [-0.4, -0.2) is 32.8 Å². The van der Waals surface area contributed by atoms with Gasteiger partial charge in [-0.15, -0.1) is 0 Å². The Morgan fingerprint density at radius 2 is 1.15 bits per heavy atom. The van der Waals surface area contributed by atoms with Crippen LogP contribution in [0.1, 0.15) is 36.0 Å². The van der Waals surface area contributed by atoms with Crippen molar-refractivity contribution in [1.29, 1.82) is 0 Å². The number of methoxy groups -OCH3 is 2. The van der Waals surface area contributed by atoms with Crippen LogP contribution in [0.5, 0.6) is 11.5 Å². The Hall–Kier alpha value is -3.14. The molecule has 0 aliphatic rings. The number of nitrogens with one attached hydrogen (secondary N) is 1. The second-order valence-electron chi connectivity index (χ2n) is 9.65. The summed E-state index contributed by atoms with van der Waals surface area (Å²) < 4.78 is 10.6. The minimum Gasteiger partial charge on any atom is 0.0777 e. The first-order valence-electron chi connectivity index (χ1n) is 13.4. The van der Waals surface area contributed by atoms with E-state index in [0.717, 1.165) is 31.8 Å². The summed E-state index contributed by atoms with van der Waals surface area (Å²) in [4.78, 5) is 12.6. The number of rotatable bonds is 13. The van der Waals surface area contributed by atoms with Crippen LogP contribution in [0, 0.1) is 0 Å². The van der Waals surface area contributed by atoms with Crippen LogP contribution in [-0.2, 0) is 0 Å². The molecule has 0 aliphatic heterocycles. The molecule has 4 rings (SSSR count). The van der Waals surface area contributed by atoms with E-state index in [2.05, 4.69) is 112 Å². The molecule has 0 aliphatic carbocycles. The summed E-state index contributed by atoms with van der Waals surface area (Å²) in [7, 11) is 3.16. The molecule has 1 N–H and O–H groups in total. The number of amides is 1. The fourth-order valence-corrected chi connectivity index (χ4v) is 13.0. The molecule has 0 heterocycles. The number of unbranched alkanes of at least 4 members (excludes halogenated alkanes) is 3. The maximum absolute atomic E-state index is 12.6. The third-order valence-corrected chi connectivity index (χ3v) is 17.3. The monoisotopic (exact) mass is 605 g/mol. The summed E-state index contributed by atoms with van der Waals surface area (Å²) in [6.07, 6.45) is 5.17. The Bertz CT molecular complexity index is 1250. The fourth-order valence-electron chi connectivity index (χ4n) is 5.22. The standard InChI is InChI=1S/C33H37BrNO3P/c1-37-31-23-22-27(26-32(31)38-2)33(36)35-24-14-3-4-15-25-39(34,28-16-8-5-9-17-28,29-18-10-6-11-19-29)30-20-12-7-13-21-30/h5-13,16-23,26H,3-4,14-15,24-25H2,1-2H3,(H,35,36). The molecule has 0 saturated carbocycles. The van der Waals surface area contributed by atoms with Crippen LogP contribution in [0.4, 0.5) is 0 Å². The Morgan fingerprint density at radius 1 is 0.667 bits per heavy atom. The summed E-state index contributed by atoms with van der Waals surface area (Å²) in [5, 5.41) is 4.23. The van der Waals surface area contributed by atoms with Gasteiger partial charge in [0.05, 0.1) is 14.2 Å². The van der Waals surface area contributed by atoms with Crippen molar-refractivity contribution in [1.82, 2.24) is 5.32 Å². The molecule has 0 spiro atoms. The van der Waals surface area contributed by atoms with Crippen molar-refractivity contribution >= 4 is 42.6 Å². The second kappa shape index (κ2) is 13.3. The Kier molecular flexibility index (Phi) is 9.83. The van der Waals surface area contributed by atoms with Crippen molar-refractivity contribution in [2.75, 3.05) is 26.9 Å². The molecular weight excluding hydrogens is 569 g/mol. The van der Waals surface area contributed by atoms with Crippen molar-refractivity contribution in [2.24, 2.45) is 0 Å². The van der Waals surface area contributed by atoms with Crippen LogP contribution in [0.25, 0.3) is 0 Å². The number of hydrogen-bond acceptors (Lipinski definition) is 3. The van der Waals surface area contributed by atoms with E-state index in [1.807, 2.05) is 0 Å². The van der Waals surface area contributed by atoms with Gasteiger partial charge < -0.3 is 4.74 Å². The molecule has 4 aromatic rings. The number of hydrogen-bond donors (Lipinski definition) is 1. The van der Waals surface area contributed by atoms with Gasteiger partial charge in [0.1, 0.15) is 0 Å². The van der Waals surface area contributed by atoms with Gasteiger partial charge in [0.15, 0.2) is 0 Å². The zero-order valence-electron chi connectivity index (χ0n) is 22.7. The zero-order chi connectivity index (χ0) is 27.6. The van der Waals surface area contributed by atoms with Crippen molar-refractivity contribution in [3.63, 3.8) is 0 Å². The van der Waals surface area contributed by atoms with Gasteiger partial charge in [-0.2, -0.15) is 0 Å². The quantitative estimate of drug-likeness (QED) is 0.134. The maximum atomic E-state index is 12.6. The molecule has 39 heavy (non-hydrogen) atoms. The first-order chi connectivity index (χ1) is 19.0. The average Bonchev–Trinajstić information content (AvgIpc) is 3.01. The molecule has 0 fully saturated rings. The van der Waals surface area contributed by atoms with Crippen LogP contribution >= 0.6 is 20.8 Å². The van der Waals surface area contributed by atoms with Gasteiger partial charge in [0.25, 0.3) is 0 Å². The second-order valence-corrected chi connectivity index (χ2v) is 18.7. The summed E-state index contributed by atoms with van der Waals surface area (Å²) in [6.45, 7) is 0.640. The third-order valence-electron chi connectivity index (χ3n) is 7.32. The van der Waals surface area contributed by atoms with Crippen LogP contribution in [0.2, 0.25) is 0 Å². The Morgan fingerprint density at radius 3 is 1.64 bits per heavy atom. The van der Waals surface area contributed by atoms with Gasteiger partial charge in [-0.1, -0.05) is 0 Å². The molecule has 0 bridgehead atoms. The molecule has 0 saturated heterocycles. The van der Waals surface area contributed by atoms with E-state index in [-0.39, 0.29) is 5.91 Å². The molecular formula is C33H37BrNO3P. The first kappa shape index (κ1) is 28.9. The van der Waals surface area contributed by atoms with E-state index in [1.165, 1.54) is 15.9 Å². The summed E-state index contributed by atoms with van der Waals surface area (Å²) in [5.41, 5.74) is 0.567. The smallest absolute Gasteiger partial charge is 0.0777 e. The van der Waals surface area contributed by atoms with E-state index < -0.39 is 5.31 Å². The van der Waals surface area contributed by atoms with Crippen molar-refractivity contribution in [2.45, 2.75) is 25.7 Å². The van der Waals surface area contributed by atoms with Gasteiger partial charge in [-0.3, -0.25) is 0 Å². The van der Waals surface area contributed by atoms with Gasteiger partial charge in [0, 0.05) is 0 Å². The van der Waals surface area contributed by atoms with E-state index >= 15 is 0 Å². The number of ether oxygens (including phenoxy) is 2. The first-order valence-corrected chi connectivity index (χ1v) is 17.8. The fraction of sp³-hybridized carbons (Fsp3) is 0.242. The van der Waals surface area contributed by atoms with Gasteiger partial charge in [0.2, 0.25) is 0 Å². The number of carbonyl (C=O) groups is 1. The van der Waals surface area contributed by atoms with E-state index in [9.17, 15) is 4.79 Å². The van der Waals surface area contributed by atoms with Crippen LogP contribution in [0.15, 0.2) is 109 Å². The summed E-state index contributed by atoms with van der Waals surface area (Å²) in [6, 6.07) is 38.0. The SMILES string of the molecule is COc1ccc(C(=O)NCCCCCCP(Br)(c2ccccc2)(c2ccccc2)c2ccccc2)cc1OC. The minimum absolute atomic E-state index is 0.0985. The molecule has 4 nitrogen and oxygen atoms in total. The van der Waals surface area contributed by atoms with E-state index in [4.69, 9.17) is 9.47 Å². The Balaban J connectivity index is 1.42. The van der Waals surface area contributed by atoms with Gasteiger partial charge >= 0.3 is 222 Å². The molecule has 204 valence electrons.